The van der Waals surface area contributed by atoms with E-state index in [1.54, 1.807) is 19.1 Å². The molecule has 13 heavy (non-hydrogen) atoms. The van der Waals surface area contributed by atoms with Crippen molar-refractivity contribution in [3.8, 4) is 0 Å². The Balaban J connectivity index is 3.03. The fourth-order valence-electron chi connectivity index (χ4n) is 1.30. The third-order valence-corrected chi connectivity index (χ3v) is 1.90. The molecule has 2 aromatic rings. The molecule has 0 radical (unpaired) electrons. The number of aromatic amines is 1. The standard InChI is InChI=1S/C9H7FN2O/c1-5-6-3-2-4-7(10)8(6)12-9(13)11-5/h2-4H,1H3,(H,11,12,13). The van der Waals surface area contributed by atoms with Gasteiger partial charge >= 0.3 is 5.69 Å². The average Bonchev–Trinajstić information content (AvgIpc) is 2.07. The van der Waals surface area contributed by atoms with Gasteiger partial charge in [-0.2, -0.15) is 4.98 Å². The molecule has 2 rings (SSSR count). The van der Waals surface area contributed by atoms with Crippen LogP contribution in [-0.4, -0.2) is 9.97 Å². The molecule has 1 heterocycles. The molecule has 0 bridgehead atoms. The number of rotatable bonds is 0. The van der Waals surface area contributed by atoms with Crippen molar-refractivity contribution >= 4 is 10.9 Å². The van der Waals surface area contributed by atoms with E-state index in [9.17, 15) is 9.18 Å². The molecule has 1 aromatic heterocycles. The Hall–Kier alpha value is -1.71. The van der Waals surface area contributed by atoms with Gasteiger partial charge in [0.25, 0.3) is 0 Å². The van der Waals surface area contributed by atoms with E-state index >= 15 is 0 Å². The number of nitrogens with one attached hydrogen (secondary N) is 1. The molecular weight excluding hydrogens is 171 g/mol. The molecular formula is C9H7FN2O. The van der Waals surface area contributed by atoms with Crippen LogP contribution in [0, 0.1) is 12.7 Å². The smallest absolute Gasteiger partial charge is 0.303 e. The number of aromatic nitrogens is 2. The van der Waals surface area contributed by atoms with Crippen LogP contribution in [-0.2, 0) is 0 Å². The number of fused-ring (bicyclic) bond motifs is 1. The van der Waals surface area contributed by atoms with E-state index in [2.05, 4.69) is 9.97 Å². The normalized spacial score (nSPS) is 10.6. The van der Waals surface area contributed by atoms with Gasteiger partial charge in [-0.05, 0) is 13.0 Å². The van der Waals surface area contributed by atoms with E-state index in [0.29, 0.717) is 11.1 Å². The maximum absolute atomic E-state index is 13.1. The van der Waals surface area contributed by atoms with Crippen LogP contribution in [0.4, 0.5) is 4.39 Å². The molecule has 1 aromatic carbocycles. The molecule has 0 aliphatic heterocycles. The van der Waals surface area contributed by atoms with Crippen LogP contribution in [0.15, 0.2) is 23.0 Å². The zero-order valence-corrected chi connectivity index (χ0v) is 6.97. The second-order valence-corrected chi connectivity index (χ2v) is 2.79. The van der Waals surface area contributed by atoms with E-state index < -0.39 is 11.5 Å². The third-order valence-electron chi connectivity index (χ3n) is 1.90. The molecule has 0 fully saturated rings. The van der Waals surface area contributed by atoms with E-state index in [4.69, 9.17) is 0 Å². The summed E-state index contributed by atoms with van der Waals surface area (Å²) < 4.78 is 13.1. The number of hydrogen-bond donors (Lipinski definition) is 1. The Labute approximate surface area is 73.2 Å². The van der Waals surface area contributed by atoms with Crippen molar-refractivity contribution < 1.29 is 4.39 Å². The van der Waals surface area contributed by atoms with E-state index in [1.807, 2.05) is 0 Å². The van der Waals surface area contributed by atoms with Crippen LogP contribution in [0.5, 0.6) is 0 Å². The lowest BCUT2D eigenvalue weighted by Gasteiger charge is -2.00. The summed E-state index contributed by atoms with van der Waals surface area (Å²) in [6.07, 6.45) is 0. The van der Waals surface area contributed by atoms with Gasteiger partial charge in [0.2, 0.25) is 0 Å². The summed E-state index contributed by atoms with van der Waals surface area (Å²) in [6, 6.07) is 4.61. The summed E-state index contributed by atoms with van der Waals surface area (Å²) in [5.41, 5.74) is 0.244. The van der Waals surface area contributed by atoms with Crippen molar-refractivity contribution in [1.82, 2.24) is 9.97 Å². The topological polar surface area (TPSA) is 45.8 Å². The number of para-hydroxylation sites is 1. The Kier molecular flexibility index (Phi) is 1.62. The lowest BCUT2D eigenvalue weighted by Crippen LogP contribution is -2.12. The minimum Gasteiger partial charge on any atom is -0.303 e. The highest BCUT2D eigenvalue weighted by Crippen LogP contribution is 2.14. The number of halogens is 1. The van der Waals surface area contributed by atoms with E-state index in [0.717, 1.165) is 0 Å². The summed E-state index contributed by atoms with van der Waals surface area (Å²) in [7, 11) is 0. The average molecular weight is 178 g/mol. The molecule has 0 aliphatic rings. The first kappa shape index (κ1) is 7.91. The fourth-order valence-corrected chi connectivity index (χ4v) is 1.30. The maximum atomic E-state index is 13.1. The SMILES string of the molecule is Cc1nc(=O)[nH]c2c(F)cccc12. The summed E-state index contributed by atoms with van der Waals surface area (Å²) in [5.74, 6) is -0.430. The van der Waals surface area contributed by atoms with Gasteiger partial charge in [-0.3, -0.25) is 0 Å². The first-order valence-corrected chi connectivity index (χ1v) is 3.83. The zero-order valence-electron chi connectivity index (χ0n) is 6.97. The zero-order chi connectivity index (χ0) is 9.42. The molecule has 0 unspecified atom stereocenters. The number of benzene rings is 1. The second-order valence-electron chi connectivity index (χ2n) is 2.79. The predicted molar refractivity (Wildman–Crippen MR) is 47.1 cm³/mol. The van der Waals surface area contributed by atoms with Crippen LogP contribution < -0.4 is 5.69 Å². The number of H-pyrrole nitrogens is 1. The van der Waals surface area contributed by atoms with Gasteiger partial charge in [-0.25, -0.2) is 9.18 Å². The lowest BCUT2D eigenvalue weighted by atomic mass is 10.2. The highest BCUT2D eigenvalue weighted by atomic mass is 19.1. The Morgan fingerprint density at radius 2 is 2.23 bits per heavy atom. The minimum absolute atomic E-state index is 0.222. The molecule has 66 valence electrons. The molecule has 0 saturated heterocycles. The van der Waals surface area contributed by atoms with E-state index in [1.165, 1.54) is 6.07 Å². The summed E-state index contributed by atoms with van der Waals surface area (Å²) in [6.45, 7) is 1.68. The highest BCUT2D eigenvalue weighted by Gasteiger charge is 2.03. The van der Waals surface area contributed by atoms with Crippen molar-refractivity contribution in [2.75, 3.05) is 0 Å². The lowest BCUT2D eigenvalue weighted by molar-refractivity contribution is 0.636. The van der Waals surface area contributed by atoms with Crippen LogP contribution in [0.1, 0.15) is 5.69 Å². The van der Waals surface area contributed by atoms with Crippen LogP contribution in [0.25, 0.3) is 10.9 Å². The number of aryl methyl sites for hydroxylation is 1. The summed E-state index contributed by atoms with van der Waals surface area (Å²) in [5, 5.41) is 0.639. The molecule has 0 saturated carbocycles. The fraction of sp³-hybridized carbons (Fsp3) is 0.111. The third kappa shape index (κ3) is 1.20. The van der Waals surface area contributed by atoms with Gasteiger partial charge in [0.1, 0.15) is 5.82 Å². The van der Waals surface area contributed by atoms with Gasteiger partial charge in [0.05, 0.1) is 11.2 Å². The minimum atomic E-state index is -0.518. The molecule has 0 amide bonds. The van der Waals surface area contributed by atoms with Gasteiger partial charge in [0, 0.05) is 5.39 Å². The first-order chi connectivity index (χ1) is 6.18. The second kappa shape index (κ2) is 2.65. The van der Waals surface area contributed by atoms with Crippen LogP contribution in [0.2, 0.25) is 0 Å². The highest BCUT2D eigenvalue weighted by molar-refractivity contribution is 5.80. The van der Waals surface area contributed by atoms with Crippen molar-refractivity contribution in [2.45, 2.75) is 6.92 Å². The summed E-state index contributed by atoms with van der Waals surface area (Å²) >= 11 is 0. The molecule has 0 spiro atoms. The molecule has 3 nitrogen and oxygen atoms in total. The van der Waals surface area contributed by atoms with Crippen molar-refractivity contribution in [2.24, 2.45) is 0 Å². The van der Waals surface area contributed by atoms with Gasteiger partial charge in [0.15, 0.2) is 0 Å². The Morgan fingerprint density at radius 1 is 1.46 bits per heavy atom. The van der Waals surface area contributed by atoms with Crippen molar-refractivity contribution in [1.29, 1.82) is 0 Å². The maximum Gasteiger partial charge on any atom is 0.345 e. The van der Waals surface area contributed by atoms with Crippen LogP contribution in [0.3, 0.4) is 0 Å². The molecule has 1 N–H and O–H groups in total. The molecule has 0 aliphatic carbocycles. The predicted octanol–water partition coefficient (Wildman–Crippen LogP) is 1.37. The van der Waals surface area contributed by atoms with Crippen molar-refractivity contribution in [3.63, 3.8) is 0 Å². The molecule has 0 atom stereocenters. The van der Waals surface area contributed by atoms with Gasteiger partial charge in [-0.15, -0.1) is 0 Å². The Bertz CT molecular complexity index is 518. The van der Waals surface area contributed by atoms with Crippen molar-refractivity contribution in [3.05, 3.63) is 40.2 Å². The molecule has 4 heteroatoms. The largest absolute Gasteiger partial charge is 0.345 e. The van der Waals surface area contributed by atoms with E-state index in [-0.39, 0.29) is 5.52 Å². The van der Waals surface area contributed by atoms with Gasteiger partial charge in [-0.1, -0.05) is 12.1 Å². The number of hydrogen-bond acceptors (Lipinski definition) is 2. The quantitative estimate of drug-likeness (QED) is 0.662. The first-order valence-electron chi connectivity index (χ1n) is 3.83. The van der Waals surface area contributed by atoms with Gasteiger partial charge < -0.3 is 4.98 Å². The monoisotopic (exact) mass is 178 g/mol. The Morgan fingerprint density at radius 3 is 3.00 bits per heavy atom. The summed E-state index contributed by atoms with van der Waals surface area (Å²) in [4.78, 5) is 16.9. The number of nitrogens with zero attached hydrogens (tertiary/aromatic N) is 1. The van der Waals surface area contributed by atoms with Crippen LogP contribution >= 0.6 is 0 Å².